The normalized spacial score (nSPS) is 13.1. The summed E-state index contributed by atoms with van der Waals surface area (Å²) in [5.74, 6) is -0.166. The van der Waals surface area contributed by atoms with E-state index in [1.165, 1.54) is 0 Å². The molecule has 3 aromatic rings. The van der Waals surface area contributed by atoms with Gasteiger partial charge in [-0.2, -0.15) is 0 Å². The molecule has 2 unspecified atom stereocenters. The Morgan fingerprint density at radius 1 is 0.821 bits per heavy atom. The lowest BCUT2D eigenvalue weighted by Crippen LogP contribution is -2.08. The highest BCUT2D eigenvalue weighted by Gasteiger charge is 2.23. The molecule has 144 valence electrons. The molecule has 2 N–H and O–H groups in total. The van der Waals surface area contributed by atoms with Crippen LogP contribution in [0.1, 0.15) is 47.9 Å². The van der Waals surface area contributed by atoms with Gasteiger partial charge in [-0.25, -0.2) is 0 Å². The van der Waals surface area contributed by atoms with Crippen LogP contribution in [-0.2, 0) is 0 Å². The number of benzene rings is 3. The number of nitrogens with zero attached hydrogens (tertiary/aromatic N) is 1. The molecule has 0 saturated carbocycles. The highest BCUT2D eigenvalue weighted by atomic mass is 35.5. The van der Waals surface area contributed by atoms with Crippen molar-refractivity contribution in [2.75, 3.05) is 5.73 Å². The third kappa shape index (κ3) is 4.13. The maximum Gasteiger partial charge on any atom is 0.292 e. The number of rotatable bonds is 5. The first-order chi connectivity index (χ1) is 13.3. The van der Waals surface area contributed by atoms with Crippen LogP contribution in [0.15, 0.2) is 60.7 Å². The zero-order chi connectivity index (χ0) is 20.4. The van der Waals surface area contributed by atoms with E-state index in [9.17, 15) is 10.1 Å². The quantitative estimate of drug-likeness (QED) is 0.283. The lowest BCUT2D eigenvalue weighted by molar-refractivity contribution is -0.384. The van der Waals surface area contributed by atoms with E-state index in [0.29, 0.717) is 10.0 Å². The van der Waals surface area contributed by atoms with E-state index < -0.39 is 4.92 Å². The number of anilines is 1. The standard InChI is InChI=1S/C22H20Cl2N2O2/c1-13(15-3-7-18(23)8-4-15)17-11-20(22(25)21(12-17)26(27)28)14(2)16-5-9-19(24)10-6-16/h3-14H,25H2,1-2H3. The van der Waals surface area contributed by atoms with E-state index in [4.69, 9.17) is 28.9 Å². The van der Waals surface area contributed by atoms with E-state index >= 15 is 0 Å². The Hall–Kier alpha value is -2.56. The molecule has 2 atom stereocenters. The van der Waals surface area contributed by atoms with Crippen LogP contribution in [0.2, 0.25) is 10.0 Å². The second kappa shape index (κ2) is 8.21. The third-order valence-corrected chi connectivity index (χ3v) is 5.62. The molecule has 0 saturated heterocycles. The highest BCUT2D eigenvalue weighted by Crippen LogP contribution is 2.38. The minimum atomic E-state index is -0.425. The summed E-state index contributed by atoms with van der Waals surface area (Å²) in [6, 6.07) is 18.4. The molecule has 0 aliphatic rings. The first-order valence-electron chi connectivity index (χ1n) is 8.86. The van der Waals surface area contributed by atoms with E-state index in [-0.39, 0.29) is 23.2 Å². The molecule has 3 rings (SSSR count). The molecular formula is C22H20Cl2N2O2. The van der Waals surface area contributed by atoms with Crippen LogP contribution in [0.3, 0.4) is 0 Å². The highest BCUT2D eigenvalue weighted by molar-refractivity contribution is 6.30. The van der Waals surface area contributed by atoms with E-state index in [1.54, 1.807) is 18.2 Å². The van der Waals surface area contributed by atoms with Gasteiger partial charge in [0.1, 0.15) is 5.69 Å². The third-order valence-electron chi connectivity index (χ3n) is 5.12. The molecule has 4 nitrogen and oxygen atoms in total. The lowest BCUT2D eigenvalue weighted by atomic mass is 9.86. The van der Waals surface area contributed by atoms with Gasteiger partial charge in [0.25, 0.3) is 5.69 Å². The van der Waals surface area contributed by atoms with Crippen molar-refractivity contribution in [3.05, 3.63) is 103 Å². The number of hydrogen-bond donors (Lipinski definition) is 1. The molecule has 0 aliphatic heterocycles. The molecule has 0 spiro atoms. The first kappa shape index (κ1) is 20.2. The summed E-state index contributed by atoms with van der Waals surface area (Å²) in [7, 11) is 0. The van der Waals surface area contributed by atoms with Gasteiger partial charge in [-0.3, -0.25) is 10.1 Å². The van der Waals surface area contributed by atoms with Crippen molar-refractivity contribution in [1.29, 1.82) is 0 Å². The maximum absolute atomic E-state index is 11.6. The Balaban J connectivity index is 2.10. The molecule has 28 heavy (non-hydrogen) atoms. The lowest BCUT2D eigenvalue weighted by Gasteiger charge is -2.19. The van der Waals surface area contributed by atoms with Crippen molar-refractivity contribution in [1.82, 2.24) is 0 Å². The van der Waals surface area contributed by atoms with Gasteiger partial charge in [0, 0.05) is 27.9 Å². The van der Waals surface area contributed by atoms with Crippen LogP contribution >= 0.6 is 23.2 Å². The molecule has 0 aliphatic carbocycles. The molecule has 0 aromatic heterocycles. The zero-order valence-corrected chi connectivity index (χ0v) is 17.0. The minimum absolute atomic E-state index is 0.0484. The molecule has 0 fully saturated rings. The molecular weight excluding hydrogens is 395 g/mol. The van der Waals surface area contributed by atoms with Gasteiger partial charge in [0.2, 0.25) is 0 Å². The van der Waals surface area contributed by atoms with Crippen LogP contribution < -0.4 is 5.73 Å². The molecule has 0 amide bonds. The van der Waals surface area contributed by atoms with Gasteiger partial charge in [0.05, 0.1) is 4.92 Å². The zero-order valence-electron chi connectivity index (χ0n) is 15.5. The average molecular weight is 415 g/mol. The predicted octanol–water partition coefficient (Wildman–Crippen LogP) is 6.79. The Morgan fingerprint density at radius 3 is 1.75 bits per heavy atom. The van der Waals surface area contributed by atoms with Gasteiger partial charge in [-0.15, -0.1) is 0 Å². The molecule has 6 heteroatoms. The fourth-order valence-electron chi connectivity index (χ4n) is 3.32. The van der Waals surface area contributed by atoms with E-state index in [1.807, 2.05) is 56.3 Å². The largest absolute Gasteiger partial charge is 0.393 e. The number of nitro benzene ring substituents is 1. The smallest absolute Gasteiger partial charge is 0.292 e. The van der Waals surface area contributed by atoms with Gasteiger partial charge in [0.15, 0.2) is 0 Å². The summed E-state index contributed by atoms with van der Waals surface area (Å²) in [6.07, 6.45) is 0. The number of nitrogen functional groups attached to an aromatic ring is 1. The van der Waals surface area contributed by atoms with Crippen molar-refractivity contribution in [3.63, 3.8) is 0 Å². The first-order valence-corrected chi connectivity index (χ1v) is 9.62. The number of halogens is 2. The average Bonchev–Trinajstić information content (AvgIpc) is 2.68. The fraction of sp³-hybridized carbons (Fsp3) is 0.182. The van der Waals surface area contributed by atoms with Crippen molar-refractivity contribution in [2.24, 2.45) is 0 Å². The summed E-state index contributed by atoms with van der Waals surface area (Å²) >= 11 is 12.0. The van der Waals surface area contributed by atoms with Crippen LogP contribution in [0.4, 0.5) is 11.4 Å². The van der Waals surface area contributed by atoms with Crippen molar-refractivity contribution >= 4 is 34.6 Å². The van der Waals surface area contributed by atoms with Gasteiger partial charge in [-0.05, 0) is 46.5 Å². The predicted molar refractivity (Wildman–Crippen MR) is 115 cm³/mol. The van der Waals surface area contributed by atoms with Crippen LogP contribution in [-0.4, -0.2) is 4.92 Å². The molecule has 0 heterocycles. The number of hydrogen-bond acceptors (Lipinski definition) is 3. The van der Waals surface area contributed by atoms with Gasteiger partial charge in [-0.1, -0.05) is 67.4 Å². The summed E-state index contributed by atoms with van der Waals surface area (Å²) in [4.78, 5) is 11.2. The fourth-order valence-corrected chi connectivity index (χ4v) is 3.57. The summed E-state index contributed by atoms with van der Waals surface area (Å²) < 4.78 is 0. The van der Waals surface area contributed by atoms with Gasteiger partial charge >= 0.3 is 0 Å². The Bertz CT molecular complexity index is 1000. The van der Waals surface area contributed by atoms with Crippen molar-refractivity contribution in [3.8, 4) is 0 Å². The van der Waals surface area contributed by atoms with Gasteiger partial charge < -0.3 is 5.73 Å². The van der Waals surface area contributed by atoms with E-state index in [0.717, 1.165) is 22.3 Å². The second-order valence-electron chi connectivity index (χ2n) is 6.85. The molecule has 0 bridgehead atoms. The minimum Gasteiger partial charge on any atom is -0.393 e. The number of nitro groups is 1. The maximum atomic E-state index is 11.6. The monoisotopic (exact) mass is 414 g/mol. The van der Waals surface area contributed by atoms with Crippen LogP contribution in [0, 0.1) is 10.1 Å². The SMILES string of the molecule is CC(c1ccc(Cl)cc1)c1cc(C(C)c2ccc(Cl)cc2)c(N)c([N+](=O)[O-])c1. The Labute approximate surface area is 174 Å². The summed E-state index contributed by atoms with van der Waals surface area (Å²) in [5.41, 5.74) is 9.88. The van der Waals surface area contributed by atoms with E-state index in [2.05, 4.69) is 0 Å². The van der Waals surface area contributed by atoms with Crippen LogP contribution in [0.5, 0.6) is 0 Å². The number of nitrogens with two attached hydrogens (primary N) is 1. The van der Waals surface area contributed by atoms with Crippen molar-refractivity contribution in [2.45, 2.75) is 25.7 Å². The second-order valence-corrected chi connectivity index (χ2v) is 7.72. The molecule has 0 radical (unpaired) electrons. The summed E-state index contributed by atoms with van der Waals surface area (Å²) in [6.45, 7) is 3.99. The molecule has 3 aromatic carbocycles. The Kier molecular flexibility index (Phi) is 5.92. The topological polar surface area (TPSA) is 69.2 Å². The Morgan fingerprint density at radius 2 is 1.29 bits per heavy atom. The van der Waals surface area contributed by atoms with Crippen molar-refractivity contribution < 1.29 is 4.92 Å². The van der Waals surface area contributed by atoms with Crippen LogP contribution in [0.25, 0.3) is 0 Å². The summed E-state index contributed by atoms with van der Waals surface area (Å²) in [5, 5.41) is 12.9.